The number of aliphatic hydroxyl groups excluding tert-OH is 1. The van der Waals surface area contributed by atoms with E-state index in [2.05, 4.69) is 13.2 Å². The Labute approximate surface area is 246 Å². The quantitative estimate of drug-likeness (QED) is 0.192. The van der Waals surface area contributed by atoms with Crippen LogP contribution in [0.4, 0.5) is 5.69 Å². The van der Waals surface area contributed by atoms with E-state index in [0.717, 1.165) is 19.3 Å². The molecule has 0 saturated carbocycles. The van der Waals surface area contributed by atoms with Gasteiger partial charge in [0.2, 0.25) is 5.91 Å². The van der Waals surface area contributed by atoms with Gasteiger partial charge in [-0.25, -0.2) is 0 Å². The summed E-state index contributed by atoms with van der Waals surface area (Å²) in [6.07, 6.45) is 7.27. The van der Waals surface area contributed by atoms with Crippen molar-refractivity contribution in [2.75, 3.05) is 24.7 Å². The van der Waals surface area contributed by atoms with Crippen molar-refractivity contribution in [2.24, 2.45) is 17.8 Å². The normalized spacial score (nSPS) is 29.4. The maximum absolute atomic E-state index is 14.6. The number of amides is 2. The van der Waals surface area contributed by atoms with Crippen molar-refractivity contribution in [3.05, 3.63) is 54.6 Å². The molecule has 3 saturated heterocycles. The molecule has 0 aliphatic carbocycles. The highest BCUT2D eigenvalue weighted by molar-refractivity contribution is 8.02. The van der Waals surface area contributed by atoms with Crippen LogP contribution < -0.4 is 4.90 Å². The van der Waals surface area contributed by atoms with Gasteiger partial charge >= 0.3 is 5.97 Å². The van der Waals surface area contributed by atoms with Crippen LogP contribution in [0.3, 0.4) is 0 Å². The van der Waals surface area contributed by atoms with Crippen LogP contribution in [0.25, 0.3) is 0 Å². The van der Waals surface area contributed by atoms with Gasteiger partial charge in [0, 0.05) is 22.0 Å². The third-order valence-corrected chi connectivity index (χ3v) is 11.0. The first kappa shape index (κ1) is 30.7. The molecule has 6 atom stereocenters. The predicted octanol–water partition coefficient (Wildman–Crippen LogP) is 5.26. The molecule has 3 fully saturated rings. The first-order valence-electron chi connectivity index (χ1n) is 14.1. The van der Waals surface area contributed by atoms with Gasteiger partial charge in [0.05, 0.1) is 35.8 Å². The average molecular weight is 589 g/mol. The Morgan fingerprint density at radius 1 is 1.23 bits per heavy atom. The molecule has 2 amide bonds. The van der Waals surface area contributed by atoms with E-state index in [4.69, 9.17) is 16.3 Å². The minimum atomic E-state index is -0.850. The van der Waals surface area contributed by atoms with Crippen molar-refractivity contribution in [3.63, 3.8) is 0 Å². The zero-order chi connectivity index (χ0) is 29.2. The van der Waals surface area contributed by atoms with Gasteiger partial charge in [0.25, 0.3) is 5.91 Å². The number of rotatable bonds is 13. The monoisotopic (exact) mass is 588 g/mol. The van der Waals surface area contributed by atoms with Gasteiger partial charge in [-0.05, 0) is 69.2 Å². The Bertz CT molecular complexity index is 1140. The third kappa shape index (κ3) is 5.23. The van der Waals surface area contributed by atoms with Crippen LogP contribution >= 0.6 is 23.4 Å². The Morgan fingerprint density at radius 2 is 1.93 bits per heavy atom. The molecule has 1 spiro atoms. The van der Waals surface area contributed by atoms with Gasteiger partial charge in [-0.1, -0.05) is 37.6 Å². The second-order valence-electron chi connectivity index (χ2n) is 11.6. The van der Waals surface area contributed by atoms with Crippen LogP contribution in [0.2, 0.25) is 5.02 Å². The van der Waals surface area contributed by atoms with Crippen LogP contribution in [0.5, 0.6) is 0 Å². The number of unbranched alkanes of at least 4 members (excludes halogenated alkanes) is 2. The standard InChI is InChI=1S/C31H41ClN2O5S/c1-6-8-9-10-18-39-29(38)25-24-27(36)34(23(19-35)20(3)4)26(31(24)16-15-30(25,5)40-31)28(37)33(17-7-2)22-13-11-21(32)12-14-22/h6-7,11-14,20,23-26,35H,1-2,8-10,15-19H2,3-5H3/t23-,24-,25-,26?,30+,31?/m0/s1. The maximum atomic E-state index is 14.6. The summed E-state index contributed by atoms with van der Waals surface area (Å²) in [5.41, 5.74) is 0.644. The number of anilines is 1. The number of aliphatic hydroxyl groups is 1. The SMILES string of the molecule is C=CCCCCOC(=O)[C@@H]1[C@H]2C(=O)N([C@@H](CO)C(C)C)C(C(=O)N(CC=C)c3ccc(Cl)cc3)C23CC[C@@]1(C)S3. The fraction of sp³-hybridized carbons (Fsp3) is 0.581. The highest BCUT2D eigenvalue weighted by Crippen LogP contribution is 2.72. The lowest BCUT2D eigenvalue weighted by Crippen LogP contribution is -2.58. The lowest BCUT2D eigenvalue weighted by Gasteiger charge is -2.40. The van der Waals surface area contributed by atoms with Crippen LogP contribution in [0.15, 0.2) is 49.6 Å². The zero-order valence-corrected chi connectivity index (χ0v) is 25.3. The molecule has 3 heterocycles. The number of hydrogen-bond acceptors (Lipinski definition) is 6. The molecule has 3 aliphatic rings. The van der Waals surface area contributed by atoms with Crippen LogP contribution in [0, 0.1) is 17.8 Å². The van der Waals surface area contributed by atoms with Gasteiger partial charge in [-0.3, -0.25) is 14.4 Å². The Kier molecular flexibility index (Phi) is 9.42. The van der Waals surface area contributed by atoms with Gasteiger partial charge in [-0.15, -0.1) is 24.9 Å². The Morgan fingerprint density at radius 3 is 2.52 bits per heavy atom. The van der Waals surface area contributed by atoms with Crippen LogP contribution in [0.1, 0.15) is 52.9 Å². The van der Waals surface area contributed by atoms with Gasteiger partial charge in [0.15, 0.2) is 0 Å². The number of fused-ring (bicyclic) bond motifs is 1. The molecule has 4 rings (SSSR count). The summed E-state index contributed by atoms with van der Waals surface area (Å²) in [6, 6.07) is 5.58. The van der Waals surface area contributed by atoms with E-state index >= 15 is 0 Å². The van der Waals surface area contributed by atoms with Crippen molar-refractivity contribution in [1.29, 1.82) is 0 Å². The first-order chi connectivity index (χ1) is 19.1. The van der Waals surface area contributed by atoms with E-state index in [-0.39, 0.29) is 36.9 Å². The number of hydrogen-bond donors (Lipinski definition) is 1. The van der Waals surface area contributed by atoms with Crippen molar-refractivity contribution in [3.8, 4) is 0 Å². The molecule has 1 aromatic carbocycles. The predicted molar refractivity (Wildman–Crippen MR) is 160 cm³/mol. The van der Waals surface area contributed by atoms with Crippen molar-refractivity contribution in [2.45, 2.75) is 74.5 Å². The fourth-order valence-corrected chi connectivity index (χ4v) is 9.30. The number of halogens is 1. The second-order valence-corrected chi connectivity index (χ2v) is 14.0. The molecule has 9 heteroatoms. The number of esters is 1. The molecule has 0 radical (unpaired) electrons. The number of carbonyl (C=O) groups excluding carboxylic acids is 3. The lowest BCUT2D eigenvalue weighted by atomic mass is 9.66. The van der Waals surface area contributed by atoms with Gasteiger partial charge < -0.3 is 19.6 Å². The molecular weight excluding hydrogens is 548 g/mol. The van der Waals surface area contributed by atoms with E-state index in [0.29, 0.717) is 30.2 Å². The van der Waals surface area contributed by atoms with Crippen molar-refractivity contribution >= 4 is 46.8 Å². The number of thioether (sulfide) groups is 1. The molecule has 0 aromatic heterocycles. The van der Waals surface area contributed by atoms with E-state index in [1.54, 1.807) is 51.9 Å². The number of ether oxygens (including phenoxy) is 1. The number of nitrogens with zero attached hydrogens (tertiary/aromatic N) is 2. The summed E-state index contributed by atoms with van der Waals surface area (Å²) in [6.45, 7) is 13.7. The zero-order valence-electron chi connectivity index (χ0n) is 23.7. The topological polar surface area (TPSA) is 87.1 Å². The van der Waals surface area contributed by atoms with Gasteiger partial charge in [0.1, 0.15) is 6.04 Å². The number of likely N-dealkylation sites (tertiary alicyclic amines) is 1. The van der Waals surface area contributed by atoms with Crippen LogP contribution in [-0.4, -0.2) is 69.1 Å². The highest BCUT2D eigenvalue weighted by Gasteiger charge is 2.78. The fourth-order valence-electron chi connectivity index (χ4n) is 6.85. The number of allylic oxidation sites excluding steroid dienone is 1. The molecule has 2 bridgehead atoms. The lowest BCUT2D eigenvalue weighted by molar-refractivity contribution is -0.156. The van der Waals surface area contributed by atoms with Crippen LogP contribution in [-0.2, 0) is 19.1 Å². The summed E-state index contributed by atoms with van der Waals surface area (Å²) in [7, 11) is 0. The van der Waals surface area contributed by atoms with E-state index in [1.165, 1.54) is 0 Å². The molecular formula is C31H41ClN2O5S. The number of carbonyl (C=O) groups is 3. The molecule has 1 aromatic rings. The smallest absolute Gasteiger partial charge is 0.311 e. The summed E-state index contributed by atoms with van der Waals surface area (Å²) in [5.74, 6) is -2.32. The average Bonchev–Trinajstić information content (AvgIpc) is 3.48. The Balaban J connectivity index is 1.75. The summed E-state index contributed by atoms with van der Waals surface area (Å²) in [5, 5.41) is 11.0. The highest BCUT2D eigenvalue weighted by atomic mass is 35.5. The minimum absolute atomic E-state index is 0.101. The molecule has 2 unspecified atom stereocenters. The van der Waals surface area contributed by atoms with E-state index in [9.17, 15) is 19.5 Å². The molecule has 7 nitrogen and oxygen atoms in total. The molecule has 218 valence electrons. The van der Waals surface area contributed by atoms with E-state index in [1.807, 2.05) is 26.8 Å². The molecule has 40 heavy (non-hydrogen) atoms. The summed E-state index contributed by atoms with van der Waals surface area (Å²) >= 11 is 7.73. The minimum Gasteiger partial charge on any atom is -0.465 e. The van der Waals surface area contributed by atoms with Crippen molar-refractivity contribution < 1.29 is 24.2 Å². The summed E-state index contributed by atoms with van der Waals surface area (Å²) < 4.78 is 4.43. The number of benzene rings is 1. The van der Waals surface area contributed by atoms with Gasteiger partial charge in [-0.2, -0.15) is 0 Å². The summed E-state index contributed by atoms with van der Waals surface area (Å²) in [4.78, 5) is 45.9. The molecule has 3 aliphatic heterocycles. The Hall–Kier alpha value is -2.29. The first-order valence-corrected chi connectivity index (χ1v) is 15.3. The maximum Gasteiger partial charge on any atom is 0.311 e. The third-order valence-electron chi connectivity index (χ3n) is 8.78. The molecule has 1 N–H and O–H groups in total. The van der Waals surface area contributed by atoms with E-state index < -0.39 is 33.4 Å². The largest absolute Gasteiger partial charge is 0.465 e. The van der Waals surface area contributed by atoms with Crippen molar-refractivity contribution in [1.82, 2.24) is 4.90 Å². The second kappa shape index (κ2) is 12.3.